The van der Waals surface area contributed by atoms with Gasteiger partial charge in [0.1, 0.15) is 5.75 Å². The summed E-state index contributed by atoms with van der Waals surface area (Å²) in [7, 11) is 0. The van der Waals surface area contributed by atoms with E-state index >= 15 is 0 Å². The summed E-state index contributed by atoms with van der Waals surface area (Å²) in [4.78, 5) is 0. The van der Waals surface area contributed by atoms with E-state index in [9.17, 15) is 8.78 Å². The molecule has 0 amide bonds. The van der Waals surface area contributed by atoms with Crippen LogP contribution in [0, 0.1) is 11.6 Å². The monoisotopic (exact) mass is 356 g/mol. The van der Waals surface area contributed by atoms with Gasteiger partial charge in [0, 0.05) is 0 Å². The zero-order valence-corrected chi connectivity index (χ0v) is 13.0. The molecule has 112 valence electrons. The Kier molecular flexibility index (Phi) is 5.27. The van der Waals surface area contributed by atoms with Crippen molar-refractivity contribution < 1.29 is 13.5 Å². The molecule has 1 atom stereocenters. The number of ether oxygens (including phenoxy) is 1. The molecule has 2 rings (SSSR count). The van der Waals surface area contributed by atoms with Crippen molar-refractivity contribution in [2.75, 3.05) is 6.61 Å². The Morgan fingerprint density at radius 3 is 2.71 bits per heavy atom. The maximum Gasteiger partial charge on any atom is 0.173 e. The van der Waals surface area contributed by atoms with Gasteiger partial charge in [-0.05, 0) is 52.2 Å². The summed E-state index contributed by atoms with van der Waals surface area (Å²) in [6.45, 7) is 2.43. The molecule has 0 aliphatic heterocycles. The molecule has 3 nitrogen and oxygen atoms in total. The van der Waals surface area contributed by atoms with Crippen molar-refractivity contribution in [3.8, 4) is 5.75 Å². The van der Waals surface area contributed by atoms with E-state index in [1.54, 1.807) is 0 Å². The summed E-state index contributed by atoms with van der Waals surface area (Å²) in [5, 5.41) is 0. The molecule has 3 N–H and O–H groups in total. The number of nitrogens with two attached hydrogens (primary N) is 1. The van der Waals surface area contributed by atoms with Crippen LogP contribution in [0.5, 0.6) is 5.75 Å². The molecule has 0 saturated carbocycles. The first-order valence-corrected chi connectivity index (χ1v) is 7.20. The Morgan fingerprint density at radius 1 is 1.29 bits per heavy atom. The van der Waals surface area contributed by atoms with Gasteiger partial charge in [0.25, 0.3) is 0 Å². The molecule has 0 bridgehead atoms. The first-order chi connectivity index (χ1) is 10.1. The van der Waals surface area contributed by atoms with Gasteiger partial charge in [-0.2, -0.15) is 0 Å². The number of rotatable bonds is 5. The fraction of sp³-hybridized carbons (Fsp3) is 0.200. The van der Waals surface area contributed by atoms with Crippen molar-refractivity contribution in [1.29, 1.82) is 0 Å². The zero-order valence-electron chi connectivity index (χ0n) is 11.4. The first kappa shape index (κ1) is 15.9. The number of hydrazine groups is 1. The summed E-state index contributed by atoms with van der Waals surface area (Å²) in [5.74, 6) is 4.43. The molecule has 2 aromatic rings. The third-order valence-corrected chi connectivity index (χ3v) is 3.85. The van der Waals surface area contributed by atoms with Crippen LogP contribution < -0.4 is 16.0 Å². The SMILES string of the molecule is CCOc1cccc(C(NN)c2ccc(F)c(F)c2Br)c1. The van der Waals surface area contributed by atoms with E-state index in [0.717, 1.165) is 11.6 Å². The third kappa shape index (κ3) is 3.40. The number of hydrogen-bond acceptors (Lipinski definition) is 3. The minimum atomic E-state index is -0.936. The average Bonchev–Trinajstić information content (AvgIpc) is 2.49. The highest BCUT2D eigenvalue weighted by atomic mass is 79.9. The van der Waals surface area contributed by atoms with Crippen LogP contribution in [-0.4, -0.2) is 6.61 Å². The lowest BCUT2D eigenvalue weighted by atomic mass is 9.99. The van der Waals surface area contributed by atoms with Crippen LogP contribution in [-0.2, 0) is 0 Å². The molecule has 0 heterocycles. The fourth-order valence-electron chi connectivity index (χ4n) is 2.08. The number of nitrogens with one attached hydrogen (secondary N) is 1. The Labute approximate surface area is 130 Å². The minimum Gasteiger partial charge on any atom is -0.494 e. The second-order valence-corrected chi connectivity index (χ2v) is 5.16. The van der Waals surface area contributed by atoms with Crippen LogP contribution in [0.25, 0.3) is 0 Å². The van der Waals surface area contributed by atoms with E-state index in [-0.39, 0.29) is 4.47 Å². The van der Waals surface area contributed by atoms with Crippen molar-refractivity contribution in [2.24, 2.45) is 5.84 Å². The molecule has 0 saturated heterocycles. The predicted octanol–water partition coefficient (Wildman–Crippen LogP) is 3.68. The Morgan fingerprint density at radius 2 is 2.05 bits per heavy atom. The van der Waals surface area contributed by atoms with Gasteiger partial charge in [0.2, 0.25) is 0 Å². The highest BCUT2D eigenvalue weighted by Crippen LogP contribution is 2.32. The summed E-state index contributed by atoms with van der Waals surface area (Å²) in [6.07, 6.45) is 0. The van der Waals surface area contributed by atoms with Gasteiger partial charge in [-0.1, -0.05) is 18.2 Å². The quantitative estimate of drug-likeness (QED) is 0.488. The Balaban J connectivity index is 2.44. The van der Waals surface area contributed by atoms with Crippen LogP contribution in [0.1, 0.15) is 24.1 Å². The van der Waals surface area contributed by atoms with Crippen molar-refractivity contribution in [3.05, 3.63) is 63.6 Å². The molecule has 21 heavy (non-hydrogen) atoms. The van der Waals surface area contributed by atoms with Crippen LogP contribution in [0.3, 0.4) is 0 Å². The molecule has 0 aromatic heterocycles. The molecule has 1 unspecified atom stereocenters. The van der Waals surface area contributed by atoms with Crippen molar-refractivity contribution in [1.82, 2.24) is 5.43 Å². The number of benzene rings is 2. The van der Waals surface area contributed by atoms with Crippen molar-refractivity contribution in [2.45, 2.75) is 13.0 Å². The van der Waals surface area contributed by atoms with Gasteiger partial charge in [-0.25, -0.2) is 14.2 Å². The van der Waals surface area contributed by atoms with Gasteiger partial charge >= 0.3 is 0 Å². The summed E-state index contributed by atoms with van der Waals surface area (Å²) >= 11 is 3.08. The molecule has 0 spiro atoms. The lowest BCUT2D eigenvalue weighted by molar-refractivity contribution is 0.339. The largest absolute Gasteiger partial charge is 0.494 e. The van der Waals surface area contributed by atoms with E-state index in [4.69, 9.17) is 10.6 Å². The average molecular weight is 357 g/mol. The molecule has 2 aromatic carbocycles. The first-order valence-electron chi connectivity index (χ1n) is 6.40. The fourth-order valence-corrected chi connectivity index (χ4v) is 2.63. The molecule has 0 aliphatic rings. The predicted molar refractivity (Wildman–Crippen MR) is 80.8 cm³/mol. The molecule has 0 fully saturated rings. The van der Waals surface area contributed by atoms with E-state index in [1.165, 1.54) is 6.07 Å². The number of hydrogen-bond donors (Lipinski definition) is 2. The maximum atomic E-state index is 13.7. The van der Waals surface area contributed by atoms with Gasteiger partial charge in [0.15, 0.2) is 11.6 Å². The zero-order chi connectivity index (χ0) is 15.4. The minimum absolute atomic E-state index is 0.0484. The number of halogens is 3. The van der Waals surface area contributed by atoms with Crippen LogP contribution in [0.2, 0.25) is 0 Å². The molecule has 0 aliphatic carbocycles. The van der Waals surface area contributed by atoms with Gasteiger partial charge in [-0.3, -0.25) is 5.84 Å². The maximum absolute atomic E-state index is 13.7. The molecular weight excluding hydrogens is 342 g/mol. The van der Waals surface area contributed by atoms with E-state index in [2.05, 4.69) is 21.4 Å². The van der Waals surface area contributed by atoms with E-state index < -0.39 is 17.7 Å². The van der Waals surface area contributed by atoms with E-state index in [1.807, 2.05) is 31.2 Å². The topological polar surface area (TPSA) is 47.3 Å². The lowest BCUT2D eigenvalue weighted by Gasteiger charge is -2.19. The van der Waals surface area contributed by atoms with Crippen molar-refractivity contribution >= 4 is 15.9 Å². The second-order valence-electron chi connectivity index (χ2n) is 4.37. The van der Waals surface area contributed by atoms with Crippen LogP contribution >= 0.6 is 15.9 Å². The van der Waals surface area contributed by atoms with Gasteiger partial charge in [-0.15, -0.1) is 0 Å². The molecular formula is C15H15BrF2N2O. The molecule has 6 heteroatoms. The normalized spacial score (nSPS) is 12.2. The summed E-state index contributed by atoms with van der Waals surface area (Å²) in [5.41, 5.74) is 3.91. The lowest BCUT2D eigenvalue weighted by Crippen LogP contribution is -2.29. The van der Waals surface area contributed by atoms with Crippen LogP contribution in [0.15, 0.2) is 40.9 Å². The van der Waals surface area contributed by atoms with Crippen LogP contribution in [0.4, 0.5) is 8.78 Å². The Hall–Kier alpha value is -1.50. The third-order valence-electron chi connectivity index (χ3n) is 3.05. The highest BCUT2D eigenvalue weighted by Gasteiger charge is 2.20. The standard InChI is InChI=1S/C15H15BrF2N2O/c1-2-21-10-5-3-4-9(8-10)15(20-19)11-6-7-12(17)14(18)13(11)16/h3-8,15,20H,2,19H2,1H3. The highest BCUT2D eigenvalue weighted by molar-refractivity contribution is 9.10. The van der Waals surface area contributed by atoms with E-state index in [0.29, 0.717) is 17.9 Å². The van der Waals surface area contributed by atoms with Gasteiger partial charge in [0.05, 0.1) is 17.1 Å². The Bertz CT molecular complexity index is 637. The summed E-state index contributed by atoms with van der Waals surface area (Å²) in [6, 6.07) is 9.35. The smallest absolute Gasteiger partial charge is 0.173 e. The van der Waals surface area contributed by atoms with Gasteiger partial charge < -0.3 is 4.74 Å². The summed E-state index contributed by atoms with van der Waals surface area (Å²) < 4.78 is 32.4. The second kappa shape index (κ2) is 6.98. The van der Waals surface area contributed by atoms with Crippen molar-refractivity contribution in [3.63, 3.8) is 0 Å². The molecule has 0 radical (unpaired) electrons.